The number of rotatable bonds is 8. The number of carbonyl (C=O) groups excluding carboxylic acids is 1. The van der Waals surface area contributed by atoms with Crippen LogP contribution in [-0.4, -0.2) is 29.1 Å². The largest absolute Gasteiger partial charge is 0.417 e. The molecule has 222 valence electrons. The summed E-state index contributed by atoms with van der Waals surface area (Å²) in [4.78, 5) is 16.7. The Balaban J connectivity index is 1.36. The molecule has 5 aromatic rings. The molecular weight excluding hydrogens is 597 g/mol. The van der Waals surface area contributed by atoms with Gasteiger partial charge in [0.15, 0.2) is 11.4 Å². The Kier molecular flexibility index (Phi) is 8.10. The lowest BCUT2D eigenvalue weighted by molar-refractivity contribution is -0.137. The maximum Gasteiger partial charge on any atom is 0.417 e. The van der Waals surface area contributed by atoms with Crippen molar-refractivity contribution in [2.75, 3.05) is 5.32 Å². The summed E-state index contributed by atoms with van der Waals surface area (Å²) in [5, 5.41) is 6.17. The van der Waals surface area contributed by atoms with Crippen molar-refractivity contribution in [3.05, 3.63) is 108 Å². The topological polar surface area (TPSA) is 115 Å². The molecule has 0 radical (unpaired) electrons. The summed E-state index contributed by atoms with van der Waals surface area (Å²) >= 11 is 0. The van der Waals surface area contributed by atoms with Gasteiger partial charge in [-0.15, -0.1) is 0 Å². The lowest BCUT2D eigenvalue weighted by Crippen LogP contribution is -2.23. The Labute approximate surface area is 241 Å². The van der Waals surface area contributed by atoms with Gasteiger partial charge in [-0.2, -0.15) is 18.3 Å². The second-order valence-electron chi connectivity index (χ2n) is 9.04. The number of hydrogen-bond donors (Lipinski definition) is 2. The van der Waals surface area contributed by atoms with Crippen molar-refractivity contribution in [3.63, 3.8) is 0 Å². The molecule has 5 rings (SSSR count). The van der Waals surface area contributed by atoms with Gasteiger partial charge in [-0.25, -0.2) is 36.2 Å². The number of sulfonamides is 1. The maximum atomic E-state index is 13.8. The first-order chi connectivity index (χ1) is 20.4. The number of amides is 1. The Morgan fingerprint density at radius 1 is 0.953 bits per heavy atom. The lowest BCUT2D eigenvalue weighted by atomic mass is 10.1. The van der Waals surface area contributed by atoms with Crippen molar-refractivity contribution in [1.29, 1.82) is 0 Å². The van der Waals surface area contributed by atoms with Crippen molar-refractivity contribution < 1.29 is 39.9 Å². The number of hydrogen-bond acceptors (Lipinski definition) is 6. The first kappa shape index (κ1) is 29.6. The van der Waals surface area contributed by atoms with E-state index in [0.29, 0.717) is 0 Å². The minimum absolute atomic E-state index is 0.0413. The van der Waals surface area contributed by atoms with Crippen LogP contribution in [0, 0.1) is 0 Å². The number of nitrogens with zero attached hydrogens (tertiary/aromatic N) is 3. The van der Waals surface area contributed by atoms with E-state index in [2.05, 4.69) is 20.1 Å². The molecule has 15 heteroatoms. The van der Waals surface area contributed by atoms with Crippen molar-refractivity contribution in [1.82, 2.24) is 19.3 Å². The molecule has 0 atom stereocenters. The van der Waals surface area contributed by atoms with Crippen LogP contribution in [0.4, 0.5) is 32.4 Å². The molecular formula is C28H20F5N5O4S. The monoisotopic (exact) mass is 617 g/mol. The highest BCUT2D eigenvalue weighted by molar-refractivity contribution is 7.89. The molecule has 0 aliphatic heterocycles. The fourth-order valence-corrected chi connectivity index (χ4v) is 5.08. The van der Waals surface area contributed by atoms with Gasteiger partial charge >= 0.3 is 12.3 Å². The third-order valence-electron chi connectivity index (χ3n) is 6.10. The van der Waals surface area contributed by atoms with Crippen molar-refractivity contribution in [2.45, 2.75) is 24.0 Å². The van der Waals surface area contributed by atoms with Gasteiger partial charge < -0.3 is 4.74 Å². The van der Waals surface area contributed by atoms with E-state index in [4.69, 9.17) is 4.74 Å². The summed E-state index contributed by atoms with van der Waals surface area (Å²) in [7, 11) is -3.95. The molecule has 0 unspecified atom stereocenters. The molecule has 0 saturated heterocycles. The van der Waals surface area contributed by atoms with E-state index < -0.39 is 40.0 Å². The highest BCUT2D eigenvalue weighted by Crippen LogP contribution is 2.33. The molecule has 0 fully saturated rings. The molecule has 0 bridgehead atoms. The van der Waals surface area contributed by atoms with E-state index in [1.807, 2.05) is 0 Å². The standard InChI is InChI=1S/C28H20F5N5O4S/c29-25(30)23-14-22(18-9-11-19(12-10-18)28(31,32)33)37-26-24(16-34-38(23)26)42-27(39)36-20-7-4-8-21(13-20)43(40,41)35-15-17-5-2-1-3-6-17/h1-14,16,25,35H,15H2,(H,36,39). The molecule has 9 nitrogen and oxygen atoms in total. The molecule has 0 saturated carbocycles. The number of benzene rings is 3. The van der Waals surface area contributed by atoms with Crippen LogP contribution in [0.1, 0.15) is 23.2 Å². The number of ether oxygens (including phenoxy) is 1. The van der Waals surface area contributed by atoms with Gasteiger partial charge in [-0.1, -0.05) is 48.5 Å². The molecule has 3 aromatic carbocycles. The summed E-state index contributed by atoms with van der Waals surface area (Å²) in [5.41, 5.74) is -1.09. The number of carbonyl (C=O) groups is 1. The highest BCUT2D eigenvalue weighted by Gasteiger charge is 2.30. The Morgan fingerprint density at radius 3 is 2.35 bits per heavy atom. The number of anilines is 1. The van der Waals surface area contributed by atoms with E-state index in [0.717, 1.165) is 46.6 Å². The molecule has 0 spiro atoms. The van der Waals surface area contributed by atoms with E-state index in [1.54, 1.807) is 30.3 Å². The normalized spacial score (nSPS) is 12.0. The first-order valence-corrected chi connectivity index (χ1v) is 13.9. The van der Waals surface area contributed by atoms with Crippen LogP contribution in [0.15, 0.2) is 96.0 Å². The van der Waals surface area contributed by atoms with Gasteiger partial charge in [-0.05, 0) is 42.0 Å². The Bertz CT molecular complexity index is 1880. The zero-order valence-electron chi connectivity index (χ0n) is 21.7. The maximum absolute atomic E-state index is 13.8. The van der Waals surface area contributed by atoms with Crippen molar-refractivity contribution in [3.8, 4) is 17.0 Å². The predicted molar refractivity (Wildman–Crippen MR) is 145 cm³/mol. The minimum Gasteiger partial charge on any atom is -0.404 e. The number of aromatic nitrogens is 3. The number of halogens is 5. The minimum atomic E-state index is -4.59. The van der Waals surface area contributed by atoms with E-state index >= 15 is 0 Å². The second kappa shape index (κ2) is 11.8. The molecule has 43 heavy (non-hydrogen) atoms. The predicted octanol–water partition coefficient (Wildman–Crippen LogP) is 6.44. The molecule has 2 N–H and O–H groups in total. The third-order valence-corrected chi connectivity index (χ3v) is 7.50. The van der Waals surface area contributed by atoms with Gasteiger partial charge in [-0.3, -0.25) is 5.32 Å². The fourth-order valence-electron chi connectivity index (χ4n) is 4.01. The van der Waals surface area contributed by atoms with Crippen molar-refractivity contribution >= 4 is 27.5 Å². The quantitative estimate of drug-likeness (QED) is 0.194. The summed E-state index contributed by atoms with van der Waals surface area (Å²) < 4.78 is 101. The molecule has 2 heterocycles. The van der Waals surface area contributed by atoms with Gasteiger partial charge in [0.1, 0.15) is 5.69 Å². The van der Waals surface area contributed by atoms with E-state index in [-0.39, 0.29) is 39.8 Å². The molecule has 2 aromatic heterocycles. The number of alkyl halides is 5. The summed E-state index contributed by atoms with van der Waals surface area (Å²) in [6.07, 6.45) is -7.78. The van der Waals surface area contributed by atoms with Crippen LogP contribution in [0.3, 0.4) is 0 Å². The number of nitrogens with one attached hydrogen (secondary N) is 2. The number of fused-ring (bicyclic) bond motifs is 1. The van der Waals surface area contributed by atoms with Crippen LogP contribution < -0.4 is 14.8 Å². The van der Waals surface area contributed by atoms with E-state index in [9.17, 15) is 35.2 Å². The zero-order valence-corrected chi connectivity index (χ0v) is 22.5. The van der Waals surface area contributed by atoms with Crippen molar-refractivity contribution in [2.24, 2.45) is 0 Å². The third kappa shape index (κ3) is 6.79. The highest BCUT2D eigenvalue weighted by atomic mass is 32.2. The van der Waals surface area contributed by atoms with Gasteiger partial charge in [0, 0.05) is 17.8 Å². The summed E-state index contributed by atoms with van der Waals surface area (Å²) in [5.74, 6) is -0.332. The molecule has 1 amide bonds. The average Bonchev–Trinajstić information content (AvgIpc) is 3.38. The van der Waals surface area contributed by atoms with Crippen LogP contribution in [-0.2, 0) is 22.7 Å². The van der Waals surface area contributed by atoms with Gasteiger partial charge in [0.05, 0.1) is 22.3 Å². The van der Waals surface area contributed by atoms with Crippen LogP contribution in [0.25, 0.3) is 16.9 Å². The van der Waals surface area contributed by atoms with Gasteiger partial charge in [0.25, 0.3) is 6.43 Å². The molecule has 0 aliphatic carbocycles. The van der Waals surface area contributed by atoms with Crippen LogP contribution in [0.2, 0.25) is 0 Å². The lowest BCUT2D eigenvalue weighted by Gasteiger charge is -2.11. The van der Waals surface area contributed by atoms with Gasteiger partial charge in [0.2, 0.25) is 10.0 Å². The Hall–Kier alpha value is -4.89. The van der Waals surface area contributed by atoms with Crippen LogP contribution >= 0.6 is 0 Å². The zero-order chi connectivity index (χ0) is 30.8. The smallest absolute Gasteiger partial charge is 0.404 e. The second-order valence-corrected chi connectivity index (χ2v) is 10.8. The van der Waals surface area contributed by atoms with Crippen LogP contribution in [0.5, 0.6) is 5.75 Å². The first-order valence-electron chi connectivity index (χ1n) is 12.4. The van der Waals surface area contributed by atoms with E-state index in [1.165, 1.54) is 24.3 Å². The fraction of sp³-hybridized carbons (Fsp3) is 0.107. The average molecular weight is 618 g/mol. The molecule has 0 aliphatic rings. The SMILES string of the molecule is O=C(Nc1cccc(S(=O)(=O)NCc2ccccc2)c1)Oc1cnn2c(C(F)F)cc(-c3ccc(C(F)(F)F)cc3)nc12. The summed E-state index contributed by atoms with van der Waals surface area (Å²) in [6.45, 7) is 0.0413. The Morgan fingerprint density at radius 2 is 1.67 bits per heavy atom. The summed E-state index contributed by atoms with van der Waals surface area (Å²) in [6, 6.07) is 18.9.